The Balaban J connectivity index is 1.67. The highest BCUT2D eigenvalue weighted by Crippen LogP contribution is 2.25. The van der Waals surface area contributed by atoms with E-state index in [0.29, 0.717) is 6.04 Å². The largest absolute Gasteiger partial charge is 0.379 e. The molecule has 21 heavy (non-hydrogen) atoms. The number of halogens is 1. The van der Waals surface area contributed by atoms with Crippen molar-refractivity contribution in [3.63, 3.8) is 0 Å². The summed E-state index contributed by atoms with van der Waals surface area (Å²) in [5, 5.41) is 3.56. The molecule has 2 nitrogen and oxygen atoms in total. The van der Waals surface area contributed by atoms with E-state index < -0.39 is 0 Å². The minimum atomic E-state index is 0.292. The maximum Gasteiger partial charge on any atom is 0.0486 e. The Morgan fingerprint density at radius 2 is 1.76 bits per heavy atom. The van der Waals surface area contributed by atoms with Crippen LogP contribution < -0.4 is 10.2 Å². The van der Waals surface area contributed by atoms with Gasteiger partial charge < -0.3 is 10.2 Å². The smallest absolute Gasteiger partial charge is 0.0486 e. The SMILES string of the molecule is CC(Nc1ccc(N2CCCC2)cc1)c1cccc(Br)c1. The van der Waals surface area contributed by atoms with Gasteiger partial charge in [0.2, 0.25) is 0 Å². The topological polar surface area (TPSA) is 15.3 Å². The van der Waals surface area contributed by atoms with Crippen LogP contribution in [0.1, 0.15) is 31.4 Å². The summed E-state index contributed by atoms with van der Waals surface area (Å²) in [5.74, 6) is 0. The van der Waals surface area contributed by atoms with E-state index >= 15 is 0 Å². The zero-order valence-corrected chi connectivity index (χ0v) is 13.9. The van der Waals surface area contributed by atoms with E-state index in [1.54, 1.807) is 0 Å². The lowest BCUT2D eigenvalue weighted by Crippen LogP contribution is -2.17. The summed E-state index contributed by atoms with van der Waals surface area (Å²) in [6.45, 7) is 4.58. The molecule has 1 saturated heterocycles. The summed E-state index contributed by atoms with van der Waals surface area (Å²) in [6.07, 6.45) is 2.64. The zero-order valence-electron chi connectivity index (χ0n) is 12.3. The fourth-order valence-corrected chi connectivity index (χ4v) is 3.27. The summed E-state index contributed by atoms with van der Waals surface area (Å²) in [6, 6.07) is 17.6. The van der Waals surface area contributed by atoms with Crippen molar-refractivity contribution in [2.45, 2.75) is 25.8 Å². The predicted octanol–water partition coefficient (Wildman–Crippen LogP) is 5.22. The fraction of sp³-hybridized carbons (Fsp3) is 0.333. The molecule has 1 heterocycles. The van der Waals surface area contributed by atoms with Crippen LogP contribution in [0.2, 0.25) is 0 Å². The van der Waals surface area contributed by atoms with Crippen LogP contribution in [-0.4, -0.2) is 13.1 Å². The van der Waals surface area contributed by atoms with Crippen molar-refractivity contribution >= 4 is 27.3 Å². The highest BCUT2D eigenvalue weighted by Gasteiger charge is 2.12. The first kappa shape index (κ1) is 14.5. The average Bonchev–Trinajstić information content (AvgIpc) is 3.02. The molecule has 1 aliphatic heterocycles. The highest BCUT2D eigenvalue weighted by atomic mass is 79.9. The summed E-state index contributed by atoms with van der Waals surface area (Å²) < 4.78 is 1.12. The van der Waals surface area contributed by atoms with Crippen LogP contribution in [-0.2, 0) is 0 Å². The molecular weight excluding hydrogens is 324 g/mol. The second-order valence-corrected chi connectivity index (χ2v) is 6.58. The molecule has 2 aromatic rings. The van der Waals surface area contributed by atoms with Gasteiger partial charge in [-0.2, -0.15) is 0 Å². The van der Waals surface area contributed by atoms with Gasteiger partial charge in [-0.15, -0.1) is 0 Å². The third-order valence-electron chi connectivity index (χ3n) is 4.07. The Morgan fingerprint density at radius 1 is 1.05 bits per heavy atom. The van der Waals surface area contributed by atoms with E-state index in [2.05, 4.69) is 81.6 Å². The van der Waals surface area contributed by atoms with Crippen molar-refractivity contribution < 1.29 is 0 Å². The molecule has 0 amide bonds. The normalized spacial score (nSPS) is 16.0. The molecule has 110 valence electrons. The molecule has 1 N–H and O–H groups in total. The minimum Gasteiger partial charge on any atom is -0.379 e. The number of rotatable bonds is 4. The van der Waals surface area contributed by atoms with E-state index in [9.17, 15) is 0 Å². The van der Waals surface area contributed by atoms with E-state index in [-0.39, 0.29) is 0 Å². The number of nitrogens with zero attached hydrogens (tertiary/aromatic N) is 1. The van der Waals surface area contributed by atoms with E-state index in [4.69, 9.17) is 0 Å². The predicted molar refractivity (Wildman–Crippen MR) is 94.1 cm³/mol. The maximum absolute atomic E-state index is 3.56. The molecule has 0 aromatic heterocycles. The number of hydrogen-bond acceptors (Lipinski definition) is 2. The number of anilines is 2. The molecule has 0 radical (unpaired) electrons. The second-order valence-electron chi connectivity index (χ2n) is 5.66. The first-order valence-electron chi connectivity index (χ1n) is 7.59. The average molecular weight is 345 g/mol. The van der Waals surface area contributed by atoms with Crippen molar-refractivity contribution in [2.75, 3.05) is 23.3 Å². The van der Waals surface area contributed by atoms with E-state index in [1.807, 2.05) is 0 Å². The first-order valence-corrected chi connectivity index (χ1v) is 8.39. The monoisotopic (exact) mass is 344 g/mol. The fourth-order valence-electron chi connectivity index (χ4n) is 2.85. The van der Waals surface area contributed by atoms with Crippen LogP contribution in [0.4, 0.5) is 11.4 Å². The van der Waals surface area contributed by atoms with Gasteiger partial charge in [0, 0.05) is 35.0 Å². The summed E-state index contributed by atoms with van der Waals surface area (Å²) in [4.78, 5) is 2.46. The molecule has 3 heteroatoms. The Morgan fingerprint density at radius 3 is 2.43 bits per heavy atom. The standard InChI is InChI=1S/C18H21BrN2/c1-14(15-5-4-6-16(19)13-15)20-17-7-9-18(10-8-17)21-11-2-3-12-21/h4-10,13-14,20H,2-3,11-12H2,1H3. The number of nitrogens with one attached hydrogen (secondary N) is 1. The zero-order chi connectivity index (χ0) is 14.7. The van der Waals surface area contributed by atoms with Gasteiger partial charge in [0.25, 0.3) is 0 Å². The molecule has 1 fully saturated rings. The highest BCUT2D eigenvalue weighted by molar-refractivity contribution is 9.10. The molecule has 0 saturated carbocycles. The van der Waals surface area contributed by atoms with Crippen molar-refractivity contribution in [3.8, 4) is 0 Å². The quantitative estimate of drug-likeness (QED) is 0.817. The molecule has 1 aliphatic rings. The minimum absolute atomic E-state index is 0.292. The lowest BCUT2D eigenvalue weighted by atomic mass is 10.1. The molecule has 0 spiro atoms. The van der Waals surface area contributed by atoms with Gasteiger partial charge in [0.15, 0.2) is 0 Å². The second kappa shape index (κ2) is 6.52. The van der Waals surface area contributed by atoms with Crippen LogP contribution in [0.5, 0.6) is 0 Å². The molecule has 2 aromatic carbocycles. The Hall–Kier alpha value is -1.48. The summed E-state index contributed by atoms with van der Waals surface area (Å²) >= 11 is 3.53. The third kappa shape index (κ3) is 3.59. The van der Waals surface area contributed by atoms with Crippen LogP contribution in [0.15, 0.2) is 53.0 Å². The van der Waals surface area contributed by atoms with Gasteiger partial charge >= 0.3 is 0 Å². The van der Waals surface area contributed by atoms with Crippen LogP contribution in [0, 0.1) is 0 Å². The first-order chi connectivity index (χ1) is 10.2. The number of benzene rings is 2. The molecule has 1 unspecified atom stereocenters. The van der Waals surface area contributed by atoms with Crippen molar-refractivity contribution in [1.82, 2.24) is 0 Å². The van der Waals surface area contributed by atoms with Gasteiger partial charge in [-0.1, -0.05) is 28.1 Å². The van der Waals surface area contributed by atoms with Gasteiger partial charge in [0.05, 0.1) is 0 Å². The summed E-state index contributed by atoms with van der Waals surface area (Å²) in [5.41, 5.74) is 3.80. The maximum atomic E-state index is 3.56. The molecule has 0 bridgehead atoms. The third-order valence-corrected chi connectivity index (χ3v) is 4.56. The Kier molecular flexibility index (Phi) is 4.49. The van der Waals surface area contributed by atoms with Crippen LogP contribution >= 0.6 is 15.9 Å². The lowest BCUT2D eigenvalue weighted by Gasteiger charge is -2.19. The van der Waals surface area contributed by atoms with E-state index in [0.717, 1.165) is 4.47 Å². The molecular formula is C18H21BrN2. The van der Waals surface area contributed by atoms with Crippen LogP contribution in [0.3, 0.4) is 0 Å². The molecule has 1 atom stereocenters. The van der Waals surface area contributed by atoms with Crippen molar-refractivity contribution in [1.29, 1.82) is 0 Å². The summed E-state index contributed by atoms with van der Waals surface area (Å²) in [7, 11) is 0. The van der Waals surface area contributed by atoms with E-state index in [1.165, 1.54) is 42.9 Å². The lowest BCUT2D eigenvalue weighted by molar-refractivity contribution is 0.883. The Bertz CT molecular complexity index is 588. The van der Waals surface area contributed by atoms with Gasteiger partial charge in [-0.3, -0.25) is 0 Å². The Labute approximate surface area is 135 Å². The van der Waals surface area contributed by atoms with Crippen molar-refractivity contribution in [2.24, 2.45) is 0 Å². The van der Waals surface area contributed by atoms with Crippen LogP contribution in [0.25, 0.3) is 0 Å². The van der Waals surface area contributed by atoms with Crippen molar-refractivity contribution in [3.05, 3.63) is 58.6 Å². The van der Waals surface area contributed by atoms with Gasteiger partial charge in [0.1, 0.15) is 0 Å². The number of hydrogen-bond donors (Lipinski definition) is 1. The van der Waals surface area contributed by atoms with Gasteiger partial charge in [-0.25, -0.2) is 0 Å². The molecule has 0 aliphatic carbocycles. The van der Waals surface area contributed by atoms with Gasteiger partial charge in [-0.05, 0) is 61.7 Å². The molecule has 3 rings (SSSR count).